The number of carbonyl (C=O) groups is 3. The van der Waals surface area contributed by atoms with Crippen molar-refractivity contribution < 1.29 is 46.2 Å². The summed E-state index contributed by atoms with van der Waals surface area (Å²) in [5.41, 5.74) is 1.26. The van der Waals surface area contributed by atoms with Gasteiger partial charge in [-0.15, -0.1) is 0 Å². The standard InChI is InChI=1S/C23H30N4O5S.C2HF3O2/c1-4-17-7-5-6-8-21(17)33(31,32)24-20-10-9-18(15-19(20)23(29)30)27-13-11-26(12-14-27)16-22(28)25(2)3;3-2(4,5)1(6)7/h5-10,15,24H,4,11-14,16H2,1-3H3,(H,29,30);(H,6,7). The Morgan fingerprint density at radius 3 is 2.08 bits per heavy atom. The molecule has 40 heavy (non-hydrogen) atoms. The number of nitrogens with one attached hydrogen (secondary N) is 1. The van der Waals surface area contributed by atoms with Gasteiger partial charge in [0.05, 0.1) is 22.7 Å². The van der Waals surface area contributed by atoms with E-state index in [1.165, 1.54) is 18.2 Å². The molecule has 2 aromatic rings. The Morgan fingerprint density at radius 1 is 1.00 bits per heavy atom. The van der Waals surface area contributed by atoms with Gasteiger partial charge in [0, 0.05) is 46.0 Å². The summed E-state index contributed by atoms with van der Waals surface area (Å²) in [6.45, 7) is 4.82. The molecule has 1 heterocycles. The number of sulfonamides is 1. The Balaban J connectivity index is 0.000000708. The summed E-state index contributed by atoms with van der Waals surface area (Å²) >= 11 is 0. The molecule has 1 fully saturated rings. The van der Waals surface area contributed by atoms with Crippen LogP contribution in [0.1, 0.15) is 22.8 Å². The van der Waals surface area contributed by atoms with Gasteiger partial charge in [-0.3, -0.25) is 14.4 Å². The molecule has 1 aliphatic heterocycles. The summed E-state index contributed by atoms with van der Waals surface area (Å²) in [5, 5.41) is 16.9. The van der Waals surface area contributed by atoms with Crippen molar-refractivity contribution in [1.29, 1.82) is 0 Å². The van der Waals surface area contributed by atoms with Crippen LogP contribution in [0.25, 0.3) is 0 Å². The molecule has 3 rings (SSSR count). The highest BCUT2D eigenvalue weighted by molar-refractivity contribution is 7.92. The number of rotatable bonds is 8. The molecule has 1 saturated heterocycles. The van der Waals surface area contributed by atoms with E-state index in [-0.39, 0.29) is 22.1 Å². The molecule has 0 radical (unpaired) electrons. The number of likely N-dealkylation sites (N-methyl/N-ethyl adjacent to an activating group) is 1. The Morgan fingerprint density at radius 2 is 1.57 bits per heavy atom. The van der Waals surface area contributed by atoms with Gasteiger partial charge in [0.1, 0.15) is 0 Å². The van der Waals surface area contributed by atoms with Crippen molar-refractivity contribution in [2.45, 2.75) is 24.4 Å². The maximum atomic E-state index is 13.0. The van der Waals surface area contributed by atoms with Crippen LogP contribution in [0.3, 0.4) is 0 Å². The molecular formula is C25H31F3N4O7S. The molecule has 1 aliphatic rings. The first-order valence-electron chi connectivity index (χ1n) is 12.0. The van der Waals surface area contributed by atoms with Gasteiger partial charge in [-0.1, -0.05) is 25.1 Å². The Kier molecular flexibility index (Phi) is 10.9. The molecule has 0 aromatic heterocycles. The number of carboxylic acids is 2. The fraction of sp³-hybridized carbons (Fsp3) is 0.400. The van der Waals surface area contributed by atoms with Gasteiger partial charge >= 0.3 is 18.1 Å². The first-order valence-corrected chi connectivity index (χ1v) is 13.5. The number of amides is 1. The number of nitrogens with zero attached hydrogens (tertiary/aromatic N) is 3. The molecule has 0 bridgehead atoms. The minimum Gasteiger partial charge on any atom is -0.478 e. The lowest BCUT2D eigenvalue weighted by Gasteiger charge is -2.36. The smallest absolute Gasteiger partial charge is 0.478 e. The second-order valence-corrected chi connectivity index (χ2v) is 10.6. The molecule has 0 unspecified atom stereocenters. The van der Waals surface area contributed by atoms with Crippen molar-refractivity contribution in [3.05, 3.63) is 53.6 Å². The van der Waals surface area contributed by atoms with E-state index in [1.807, 2.05) is 11.8 Å². The number of anilines is 2. The van der Waals surface area contributed by atoms with Crippen LogP contribution < -0.4 is 9.62 Å². The number of aromatic carboxylic acids is 1. The van der Waals surface area contributed by atoms with Crippen LogP contribution in [0.15, 0.2) is 47.4 Å². The number of hydrogen-bond acceptors (Lipinski definition) is 7. The lowest BCUT2D eigenvalue weighted by molar-refractivity contribution is -0.192. The van der Waals surface area contributed by atoms with Crippen LogP contribution in [0, 0.1) is 0 Å². The number of aliphatic carboxylic acids is 1. The molecule has 11 nitrogen and oxygen atoms in total. The van der Waals surface area contributed by atoms with Crippen molar-refractivity contribution in [2.75, 3.05) is 56.4 Å². The molecule has 0 atom stereocenters. The van der Waals surface area contributed by atoms with E-state index in [2.05, 4.69) is 9.62 Å². The van der Waals surface area contributed by atoms with Gasteiger partial charge in [0.25, 0.3) is 10.0 Å². The Labute approximate surface area is 229 Å². The van der Waals surface area contributed by atoms with Crippen molar-refractivity contribution in [3.8, 4) is 0 Å². The van der Waals surface area contributed by atoms with Gasteiger partial charge in [-0.25, -0.2) is 18.0 Å². The topological polar surface area (TPSA) is 148 Å². The average Bonchev–Trinajstić information content (AvgIpc) is 2.88. The number of carbonyl (C=O) groups excluding carboxylic acids is 1. The molecule has 220 valence electrons. The zero-order valence-electron chi connectivity index (χ0n) is 22.1. The number of alkyl halides is 3. The molecular weight excluding hydrogens is 557 g/mol. The molecule has 1 amide bonds. The van der Waals surface area contributed by atoms with E-state index in [1.54, 1.807) is 43.3 Å². The predicted octanol–water partition coefficient (Wildman–Crippen LogP) is 2.59. The monoisotopic (exact) mass is 588 g/mol. The summed E-state index contributed by atoms with van der Waals surface area (Å²) in [6.07, 6.45) is -4.55. The predicted molar refractivity (Wildman–Crippen MR) is 141 cm³/mol. The first-order chi connectivity index (χ1) is 18.6. The number of carboxylic acid groups (broad SMARTS) is 2. The fourth-order valence-electron chi connectivity index (χ4n) is 3.75. The van der Waals surface area contributed by atoms with Crippen LogP contribution in [0.2, 0.25) is 0 Å². The molecule has 0 aliphatic carbocycles. The number of halogens is 3. The van der Waals surface area contributed by atoms with E-state index in [9.17, 15) is 36.3 Å². The lowest BCUT2D eigenvalue weighted by atomic mass is 10.1. The number of piperazine rings is 1. The van der Waals surface area contributed by atoms with Gasteiger partial charge in [0.15, 0.2) is 0 Å². The fourth-order valence-corrected chi connectivity index (χ4v) is 5.14. The highest BCUT2D eigenvalue weighted by Gasteiger charge is 2.38. The van der Waals surface area contributed by atoms with Crippen molar-refractivity contribution in [2.24, 2.45) is 0 Å². The minimum atomic E-state index is -5.08. The number of hydrogen-bond donors (Lipinski definition) is 3. The number of aryl methyl sites for hydroxylation is 1. The van der Waals surface area contributed by atoms with Gasteiger partial charge in [0.2, 0.25) is 5.91 Å². The zero-order chi connectivity index (χ0) is 30.3. The molecule has 2 aromatic carbocycles. The third kappa shape index (κ3) is 8.84. The van der Waals surface area contributed by atoms with Gasteiger partial charge < -0.3 is 20.0 Å². The van der Waals surface area contributed by atoms with E-state index in [0.29, 0.717) is 50.4 Å². The first kappa shape index (κ1) is 32.4. The lowest BCUT2D eigenvalue weighted by Crippen LogP contribution is -2.49. The SMILES string of the molecule is CCc1ccccc1S(=O)(=O)Nc1ccc(N2CCN(CC(=O)N(C)C)CC2)cc1C(=O)O.O=C(O)C(F)(F)F. The second-order valence-electron chi connectivity index (χ2n) is 8.96. The molecule has 15 heteroatoms. The second kappa shape index (κ2) is 13.5. The molecule has 0 spiro atoms. The number of benzene rings is 2. The normalized spacial score (nSPS) is 14.1. The van der Waals surface area contributed by atoms with Gasteiger partial charge in [-0.2, -0.15) is 13.2 Å². The largest absolute Gasteiger partial charge is 0.490 e. The maximum Gasteiger partial charge on any atom is 0.490 e. The summed E-state index contributed by atoms with van der Waals surface area (Å²) in [4.78, 5) is 38.5. The van der Waals surface area contributed by atoms with Crippen molar-refractivity contribution in [1.82, 2.24) is 9.80 Å². The molecule has 0 saturated carbocycles. The van der Waals surface area contributed by atoms with E-state index in [0.717, 1.165) is 0 Å². The quantitative estimate of drug-likeness (QED) is 0.423. The van der Waals surface area contributed by atoms with Crippen LogP contribution in [0.4, 0.5) is 24.5 Å². The third-order valence-electron chi connectivity index (χ3n) is 5.96. The Hall–Kier alpha value is -3.85. The average molecular weight is 589 g/mol. The highest BCUT2D eigenvalue weighted by Crippen LogP contribution is 2.27. The van der Waals surface area contributed by atoms with Crippen molar-refractivity contribution >= 4 is 39.2 Å². The van der Waals surface area contributed by atoms with Crippen LogP contribution >= 0.6 is 0 Å². The van der Waals surface area contributed by atoms with E-state index in [4.69, 9.17) is 9.90 Å². The van der Waals surface area contributed by atoms with E-state index >= 15 is 0 Å². The van der Waals surface area contributed by atoms with Crippen LogP contribution in [-0.2, 0) is 26.0 Å². The van der Waals surface area contributed by atoms with Crippen LogP contribution in [-0.4, -0.2) is 99.3 Å². The summed E-state index contributed by atoms with van der Waals surface area (Å²) in [5.74, 6) is -3.93. The highest BCUT2D eigenvalue weighted by atomic mass is 32.2. The zero-order valence-corrected chi connectivity index (χ0v) is 22.9. The summed E-state index contributed by atoms with van der Waals surface area (Å²) < 4.78 is 60.1. The summed E-state index contributed by atoms with van der Waals surface area (Å²) in [6, 6.07) is 11.4. The van der Waals surface area contributed by atoms with E-state index < -0.39 is 28.1 Å². The van der Waals surface area contributed by atoms with Gasteiger partial charge in [-0.05, 0) is 36.2 Å². The van der Waals surface area contributed by atoms with Crippen molar-refractivity contribution in [3.63, 3.8) is 0 Å². The Bertz CT molecular complexity index is 1330. The third-order valence-corrected chi connectivity index (χ3v) is 7.42. The van der Waals surface area contributed by atoms with Crippen LogP contribution in [0.5, 0.6) is 0 Å². The summed E-state index contributed by atoms with van der Waals surface area (Å²) in [7, 11) is -0.496. The molecule has 3 N–H and O–H groups in total. The minimum absolute atomic E-state index is 0.0207. The maximum absolute atomic E-state index is 13.0.